The summed E-state index contributed by atoms with van der Waals surface area (Å²) in [6.45, 7) is 3.90. The van der Waals surface area contributed by atoms with Crippen molar-refractivity contribution in [3.63, 3.8) is 0 Å². The molecule has 0 spiro atoms. The largest absolute Gasteiger partial charge is 0.496 e. The highest BCUT2D eigenvalue weighted by molar-refractivity contribution is 9.10. The van der Waals surface area contributed by atoms with Crippen molar-refractivity contribution in [2.24, 2.45) is 11.8 Å². The molecule has 2 aromatic carbocycles. The van der Waals surface area contributed by atoms with E-state index in [0.29, 0.717) is 65.1 Å². The molecule has 1 fully saturated rings. The van der Waals surface area contributed by atoms with Crippen LogP contribution in [0, 0.1) is 18.8 Å². The number of carbonyl (C=O) groups is 3. The van der Waals surface area contributed by atoms with E-state index in [1.165, 1.54) is 19.2 Å². The van der Waals surface area contributed by atoms with E-state index in [9.17, 15) is 14.4 Å². The number of benzene rings is 2. The van der Waals surface area contributed by atoms with Gasteiger partial charge >= 0.3 is 5.97 Å². The minimum absolute atomic E-state index is 0.210. The van der Waals surface area contributed by atoms with Crippen molar-refractivity contribution >= 4 is 51.0 Å². The lowest BCUT2D eigenvalue weighted by Crippen LogP contribution is -2.50. The first-order chi connectivity index (χ1) is 17.2. The highest BCUT2D eigenvalue weighted by atomic mass is 79.9. The lowest BCUT2D eigenvalue weighted by Gasteiger charge is -2.33. The van der Waals surface area contributed by atoms with Gasteiger partial charge in [0.1, 0.15) is 16.5 Å². The fraction of sp³-hybridized carbons (Fsp3) is 0.423. The minimum Gasteiger partial charge on any atom is -0.496 e. The number of nitrogens with zero attached hydrogens (tertiary/aromatic N) is 1. The summed E-state index contributed by atoms with van der Waals surface area (Å²) in [6, 6.07) is 8.35. The summed E-state index contributed by atoms with van der Waals surface area (Å²) in [5.74, 6) is -0.713. The van der Waals surface area contributed by atoms with Gasteiger partial charge in [-0.3, -0.25) is 19.8 Å². The topological polar surface area (TPSA) is 94.2 Å². The van der Waals surface area contributed by atoms with Gasteiger partial charge in [-0.15, -0.1) is 0 Å². The first-order valence-corrected chi connectivity index (χ1v) is 12.9. The number of hydrogen-bond acceptors (Lipinski definition) is 6. The Balaban J connectivity index is 1.92. The lowest BCUT2D eigenvalue weighted by molar-refractivity contribution is -0.150. The molecule has 8 nitrogen and oxygen atoms in total. The molecule has 0 heterocycles. The molecule has 10 heteroatoms. The van der Waals surface area contributed by atoms with E-state index in [2.05, 4.69) is 21.4 Å². The Kier molecular flexibility index (Phi) is 9.62. The summed E-state index contributed by atoms with van der Waals surface area (Å²) in [5, 5.41) is 1.43. The van der Waals surface area contributed by atoms with E-state index in [-0.39, 0.29) is 22.8 Å². The van der Waals surface area contributed by atoms with E-state index in [0.717, 1.165) is 0 Å². The van der Waals surface area contributed by atoms with E-state index < -0.39 is 11.8 Å². The number of aryl methyl sites for hydroxylation is 1. The van der Waals surface area contributed by atoms with E-state index in [1.54, 1.807) is 44.2 Å². The monoisotopic (exact) mass is 580 g/mol. The third-order valence-electron chi connectivity index (χ3n) is 6.27. The van der Waals surface area contributed by atoms with Gasteiger partial charge < -0.3 is 14.2 Å². The molecule has 3 rings (SSSR count). The molecule has 2 aromatic rings. The maximum atomic E-state index is 13.8. The van der Waals surface area contributed by atoms with E-state index >= 15 is 0 Å². The van der Waals surface area contributed by atoms with Crippen molar-refractivity contribution in [3.8, 4) is 11.5 Å². The first kappa shape index (κ1) is 27.8. The number of esters is 1. The van der Waals surface area contributed by atoms with Crippen LogP contribution in [0.3, 0.4) is 0 Å². The second kappa shape index (κ2) is 12.5. The van der Waals surface area contributed by atoms with Crippen LogP contribution in [0.5, 0.6) is 11.5 Å². The molecular formula is C26H30BrClN2O6. The van der Waals surface area contributed by atoms with Gasteiger partial charge in [-0.25, -0.2) is 5.01 Å². The third-order valence-corrected chi connectivity index (χ3v) is 7.26. The SMILES string of the molecule is CCOC(=O)C1CCC(C(=O)N(NC(=O)c2ccc(OC)c(Br)c2)c2c(C)ccc(OC)c2Cl)CC1. The summed E-state index contributed by atoms with van der Waals surface area (Å²) in [4.78, 5) is 39.2. The number of halogens is 2. The zero-order valence-electron chi connectivity index (χ0n) is 20.7. The lowest BCUT2D eigenvalue weighted by atomic mass is 9.81. The number of anilines is 1. The number of methoxy groups -OCH3 is 2. The number of ether oxygens (including phenoxy) is 3. The number of amides is 2. The van der Waals surface area contributed by atoms with Crippen LogP contribution < -0.4 is 19.9 Å². The molecule has 36 heavy (non-hydrogen) atoms. The third kappa shape index (κ3) is 6.13. The average molecular weight is 582 g/mol. The Morgan fingerprint density at radius 3 is 2.22 bits per heavy atom. The van der Waals surface area contributed by atoms with Crippen molar-refractivity contribution in [2.75, 3.05) is 25.8 Å². The van der Waals surface area contributed by atoms with Gasteiger partial charge in [-0.2, -0.15) is 0 Å². The summed E-state index contributed by atoms with van der Waals surface area (Å²) < 4.78 is 16.3. The smallest absolute Gasteiger partial charge is 0.308 e. The summed E-state index contributed by atoms with van der Waals surface area (Å²) in [5.41, 5.74) is 4.10. The van der Waals surface area contributed by atoms with Crippen LogP contribution in [0.2, 0.25) is 5.02 Å². The zero-order valence-corrected chi connectivity index (χ0v) is 23.1. The molecule has 0 aliphatic heterocycles. The van der Waals surface area contributed by atoms with Crippen molar-refractivity contribution in [3.05, 3.63) is 51.0 Å². The molecule has 0 atom stereocenters. The molecule has 0 radical (unpaired) electrons. The Labute approximate surface area is 224 Å². The van der Waals surface area contributed by atoms with Gasteiger partial charge in [0.15, 0.2) is 0 Å². The molecule has 1 saturated carbocycles. The second-order valence-electron chi connectivity index (χ2n) is 8.51. The minimum atomic E-state index is -0.495. The zero-order chi connectivity index (χ0) is 26.4. The van der Waals surface area contributed by atoms with Gasteiger partial charge in [-0.1, -0.05) is 17.7 Å². The number of hydrazine groups is 1. The van der Waals surface area contributed by atoms with E-state index in [1.807, 2.05) is 0 Å². The highest BCUT2D eigenvalue weighted by Gasteiger charge is 2.35. The van der Waals surface area contributed by atoms with Gasteiger partial charge in [0.05, 0.1) is 36.9 Å². The maximum absolute atomic E-state index is 13.8. The predicted molar refractivity (Wildman–Crippen MR) is 140 cm³/mol. The molecule has 194 valence electrons. The molecular weight excluding hydrogens is 552 g/mol. The van der Waals surface area contributed by atoms with Crippen LogP contribution in [-0.4, -0.2) is 38.6 Å². The van der Waals surface area contributed by atoms with Crippen molar-refractivity contribution in [1.29, 1.82) is 0 Å². The Morgan fingerprint density at radius 2 is 1.64 bits per heavy atom. The van der Waals surface area contributed by atoms with Crippen LogP contribution in [0.1, 0.15) is 48.5 Å². The van der Waals surface area contributed by atoms with Crippen LogP contribution in [0.4, 0.5) is 5.69 Å². The van der Waals surface area contributed by atoms with Gasteiger partial charge in [0, 0.05) is 11.5 Å². The molecule has 1 N–H and O–H groups in total. The standard InChI is InChI=1S/C26H30BrClN2O6/c1-5-36-26(33)17-9-7-16(8-10-17)25(32)30(23-15(2)6-12-21(35-4)22(23)28)29-24(31)18-11-13-20(34-3)19(27)14-18/h6,11-14,16-17H,5,7-10H2,1-4H3,(H,29,31). The highest BCUT2D eigenvalue weighted by Crippen LogP contribution is 2.39. The molecule has 1 aliphatic rings. The van der Waals surface area contributed by atoms with Crippen molar-refractivity contribution in [2.45, 2.75) is 39.5 Å². The fourth-order valence-corrected chi connectivity index (χ4v) is 5.20. The normalized spacial score (nSPS) is 17.2. The second-order valence-corrected chi connectivity index (χ2v) is 9.74. The number of carbonyl (C=O) groups excluding carboxylic acids is 3. The van der Waals surface area contributed by atoms with Crippen molar-refractivity contribution in [1.82, 2.24) is 5.43 Å². The number of nitrogens with one attached hydrogen (secondary N) is 1. The van der Waals surface area contributed by atoms with Crippen LogP contribution >= 0.6 is 27.5 Å². The molecule has 1 aliphatic carbocycles. The van der Waals surface area contributed by atoms with Crippen LogP contribution in [0.25, 0.3) is 0 Å². The fourth-order valence-electron chi connectivity index (χ4n) is 4.29. The average Bonchev–Trinajstić information content (AvgIpc) is 2.87. The molecule has 2 amide bonds. The number of hydrogen-bond donors (Lipinski definition) is 1. The quantitative estimate of drug-likeness (QED) is 0.344. The molecule has 0 aromatic heterocycles. The number of rotatable bonds is 7. The first-order valence-electron chi connectivity index (χ1n) is 11.7. The van der Waals surface area contributed by atoms with Gasteiger partial charge in [0.25, 0.3) is 5.91 Å². The van der Waals surface area contributed by atoms with Crippen molar-refractivity contribution < 1.29 is 28.6 Å². The van der Waals surface area contributed by atoms with Gasteiger partial charge in [-0.05, 0) is 85.3 Å². The Bertz CT molecular complexity index is 1130. The summed E-state index contributed by atoms with van der Waals surface area (Å²) in [6.07, 6.45) is 2.05. The Morgan fingerprint density at radius 1 is 1.03 bits per heavy atom. The maximum Gasteiger partial charge on any atom is 0.308 e. The predicted octanol–water partition coefficient (Wildman–Crippen LogP) is 5.48. The van der Waals surface area contributed by atoms with Crippen LogP contribution in [0.15, 0.2) is 34.8 Å². The van der Waals surface area contributed by atoms with Gasteiger partial charge in [0.2, 0.25) is 5.91 Å². The van der Waals surface area contributed by atoms with Crippen LogP contribution in [-0.2, 0) is 14.3 Å². The molecule has 0 bridgehead atoms. The Hall–Kier alpha value is -2.78. The van der Waals surface area contributed by atoms with E-state index in [4.69, 9.17) is 25.8 Å². The summed E-state index contributed by atoms with van der Waals surface area (Å²) in [7, 11) is 3.01. The molecule has 0 unspecified atom stereocenters. The molecule has 0 saturated heterocycles. The summed E-state index contributed by atoms with van der Waals surface area (Å²) >= 11 is 10.0.